The lowest BCUT2D eigenvalue weighted by Crippen LogP contribution is -2.40. The van der Waals surface area contributed by atoms with E-state index in [1.807, 2.05) is 6.92 Å². The molecule has 0 unspecified atom stereocenters. The minimum Gasteiger partial charge on any atom is -0.462 e. The monoisotopic (exact) mass is 270 g/mol. The Balaban J connectivity index is 4.01. The highest BCUT2D eigenvalue weighted by molar-refractivity contribution is 5.87. The number of unbranched alkanes of at least 4 members (excludes halogenated alkanes) is 1. The van der Waals surface area contributed by atoms with Crippen LogP contribution in [0.4, 0.5) is 0 Å². The molecule has 0 saturated heterocycles. The summed E-state index contributed by atoms with van der Waals surface area (Å²) in [4.78, 5) is 11.4. The summed E-state index contributed by atoms with van der Waals surface area (Å²) in [5, 5.41) is 10.6. The quantitative estimate of drug-likeness (QED) is 0.415. The normalized spacial score (nSPS) is 13.2. The summed E-state index contributed by atoms with van der Waals surface area (Å²) in [5.41, 5.74) is 0.0179. The number of carbonyl (C=O) groups is 1. The summed E-state index contributed by atoms with van der Waals surface area (Å²) in [5.74, 6) is 0.228. The minimum atomic E-state index is -0.622. The summed E-state index contributed by atoms with van der Waals surface area (Å²) in [6, 6.07) is 0. The number of carbonyl (C=O) groups excluding carboxylic acids is 1. The Morgan fingerprint density at radius 1 is 1.21 bits per heavy atom. The van der Waals surface area contributed by atoms with Gasteiger partial charge in [-0.25, -0.2) is 4.79 Å². The van der Waals surface area contributed by atoms with E-state index in [2.05, 4.69) is 27.7 Å². The van der Waals surface area contributed by atoms with Crippen LogP contribution in [0.5, 0.6) is 0 Å². The van der Waals surface area contributed by atoms with Gasteiger partial charge in [-0.05, 0) is 44.9 Å². The lowest BCUT2D eigenvalue weighted by Gasteiger charge is -2.36. The van der Waals surface area contributed by atoms with Gasteiger partial charge < -0.3 is 9.84 Å². The van der Waals surface area contributed by atoms with Crippen molar-refractivity contribution in [2.45, 2.75) is 66.4 Å². The molecule has 0 heterocycles. The minimum absolute atomic E-state index is 0.236. The van der Waals surface area contributed by atoms with Crippen LogP contribution in [0, 0.1) is 11.8 Å². The van der Waals surface area contributed by atoms with Crippen molar-refractivity contribution in [1.82, 2.24) is 0 Å². The predicted molar refractivity (Wildman–Crippen MR) is 78.9 cm³/mol. The highest BCUT2D eigenvalue weighted by Crippen LogP contribution is 2.31. The number of hydrogen-bond acceptors (Lipinski definition) is 3. The van der Waals surface area contributed by atoms with E-state index in [1.54, 1.807) is 13.0 Å². The predicted octanol–water partition coefficient (Wildman–Crippen LogP) is 3.71. The Morgan fingerprint density at radius 2 is 1.74 bits per heavy atom. The number of ether oxygens (including phenoxy) is 1. The molecule has 0 radical (unpaired) electrons. The molecule has 0 aromatic heterocycles. The molecule has 0 aliphatic carbocycles. The zero-order valence-electron chi connectivity index (χ0n) is 13.3. The van der Waals surface area contributed by atoms with E-state index in [1.165, 1.54) is 0 Å². The number of hydrogen-bond donors (Lipinski definition) is 1. The summed E-state index contributed by atoms with van der Waals surface area (Å²) < 4.78 is 5.14. The lowest BCUT2D eigenvalue weighted by molar-refractivity contribution is -0.139. The highest BCUT2D eigenvalue weighted by atomic mass is 16.5. The third-order valence-electron chi connectivity index (χ3n) is 3.96. The van der Waals surface area contributed by atoms with E-state index in [4.69, 9.17) is 4.74 Å². The highest BCUT2D eigenvalue weighted by Gasteiger charge is 2.33. The molecule has 0 fully saturated rings. The molecule has 0 rings (SSSR count). The first kappa shape index (κ1) is 18.2. The van der Waals surface area contributed by atoms with Gasteiger partial charge in [-0.15, -0.1) is 0 Å². The molecule has 1 N–H and O–H groups in total. The SMILES string of the molecule is CC=C(C)C(=O)OCCCCC(O)(C(C)C)C(C)C. The second kappa shape index (κ2) is 8.36. The maximum Gasteiger partial charge on any atom is 0.333 e. The molecule has 19 heavy (non-hydrogen) atoms. The molecule has 0 atom stereocenters. The number of allylic oxidation sites excluding steroid dienone is 1. The van der Waals surface area contributed by atoms with Crippen LogP contribution in [0.25, 0.3) is 0 Å². The zero-order chi connectivity index (χ0) is 15.1. The van der Waals surface area contributed by atoms with Gasteiger partial charge >= 0.3 is 5.97 Å². The number of rotatable bonds is 8. The van der Waals surface area contributed by atoms with Crippen molar-refractivity contribution < 1.29 is 14.6 Å². The third-order valence-corrected chi connectivity index (χ3v) is 3.96. The van der Waals surface area contributed by atoms with Gasteiger partial charge in [-0.2, -0.15) is 0 Å². The summed E-state index contributed by atoms with van der Waals surface area (Å²) in [6.07, 6.45) is 4.17. The van der Waals surface area contributed by atoms with Crippen molar-refractivity contribution in [2.24, 2.45) is 11.8 Å². The first-order chi connectivity index (χ1) is 8.75. The zero-order valence-corrected chi connectivity index (χ0v) is 13.3. The summed E-state index contributed by atoms with van der Waals surface area (Å²) >= 11 is 0. The van der Waals surface area contributed by atoms with Crippen LogP contribution in [-0.4, -0.2) is 23.3 Å². The van der Waals surface area contributed by atoms with Crippen molar-refractivity contribution in [3.05, 3.63) is 11.6 Å². The molecule has 112 valence electrons. The molecule has 0 aromatic carbocycles. The Hall–Kier alpha value is -0.830. The van der Waals surface area contributed by atoms with Crippen LogP contribution in [0.2, 0.25) is 0 Å². The number of esters is 1. The van der Waals surface area contributed by atoms with Gasteiger partial charge in [0.1, 0.15) is 0 Å². The average Bonchev–Trinajstić information content (AvgIpc) is 2.36. The molecule has 0 saturated carbocycles. The second-order valence-corrected chi connectivity index (χ2v) is 5.87. The first-order valence-corrected chi connectivity index (χ1v) is 7.28. The molecule has 0 aliphatic rings. The van der Waals surface area contributed by atoms with Gasteiger partial charge in [-0.1, -0.05) is 33.8 Å². The van der Waals surface area contributed by atoms with Crippen LogP contribution in [0.3, 0.4) is 0 Å². The standard InChI is InChI=1S/C16H30O3/c1-7-14(6)15(17)19-11-9-8-10-16(18,12(2)3)13(4)5/h7,12-13,18H,8-11H2,1-6H3. The fourth-order valence-electron chi connectivity index (χ4n) is 2.15. The van der Waals surface area contributed by atoms with E-state index in [9.17, 15) is 9.90 Å². The van der Waals surface area contributed by atoms with E-state index < -0.39 is 5.60 Å². The first-order valence-electron chi connectivity index (χ1n) is 7.28. The fraction of sp³-hybridized carbons (Fsp3) is 0.812. The maximum atomic E-state index is 11.4. The van der Waals surface area contributed by atoms with Crippen LogP contribution in [0.1, 0.15) is 60.8 Å². The van der Waals surface area contributed by atoms with Crippen LogP contribution >= 0.6 is 0 Å². The Labute approximate surface area is 118 Å². The molecule has 0 bridgehead atoms. The second-order valence-electron chi connectivity index (χ2n) is 5.87. The van der Waals surface area contributed by atoms with Gasteiger partial charge in [0.05, 0.1) is 12.2 Å². The lowest BCUT2D eigenvalue weighted by atomic mass is 9.77. The van der Waals surface area contributed by atoms with Gasteiger partial charge in [0, 0.05) is 5.57 Å². The van der Waals surface area contributed by atoms with Crippen molar-refractivity contribution in [2.75, 3.05) is 6.61 Å². The van der Waals surface area contributed by atoms with Crippen molar-refractivity contribution in [1.29, 1.82) is 0 Å². The van der Waals surface area contributed by atoms with E-state index in [0.717, 1.165) is 19.3 Å². The van der Waals surface area contributed by atoms with Gasteiger partial charge in [0.2, 0.25) is 0 Å². The Bertz CT molecular complexity index is 295. The summed E-state index contributed by atoms with van der Waals surface area (Å²) in [7, 11) is 0. The molecule has 0 amide bonds. The van der Waals surface area contributed by atoms with E-state index in [0.29, 0.717) is 12.2 Å². The molecular weight excluding hydrogens is 240 g/mol. The van der Waals surface area contributed by atoms with Crippen molar-refractivity contribution >= 4 is 5.97 Å². The maximum absolute atomic E-state index is 11.4. The Kier molecular flexibility index (Phi) is 8.00. The molecule has 3 heteroatoms. The molecule has 3 nitrogen and oxygen atoms in total. The van der Waals surface area contributed by atoms with Crippen molar-refractivity contribution in [3.8, 4) is 0 Å². The van der Waals surface area contributed by atoms with Crippen molar-refractivity contribution in [3.63, 3.8) is 0 Å². The molecule has 0 aromatic rings. The van der Waals surface area contributed by atoms with Crippen LogP contribution < -0.4 is 0 Å². The largest absolute Gasteiger partial charge is 0.462 e. The van der Waals surface area contributed by atoms with E-state index in [-0.39, 0.29) is 17.8 Å². The fourth-order valence-corrected chi connectivity index (χ4v) is 2.15. The smallest absolute Gasteiger partial charge is 0.333 e. The van der Waals surface area contributed by atoms with Crippen LogP contribution in [-0.2, 0) is 9.53 Å². The Morgan fingerprint density at radius 3 is 2.16 bits per heavy atom. The van der Waals surface area contributed by atoms with Gasteiger partial charge in [0.25, 0.3) is 0 Å². The average molecular weight is 270 g/mol. The van der Waals surface area contributed by atoms with Crippen LogP contribution in [0.15, 0.2) is 11.6 Å². The topological polar surface area (TPSA) is 46.5 Å². The molecule has 0 aliphatic heterocycles. The summed E-state index contributed by atoms with van der Waals surface area (Å²) in [6.45, 7) is 12.2. The molecule has 0 spiro atoms. The number of aliphatic hydroxyl groups is 1. The van der Waals surface area contributed by atoms with E-state index >= 15 is 0 Å². The third kappa shape index (κ3) is 5.77. The van der Waals surface area contributed by atoms with Gasteiger partial charge in [-0.3, -0.25) is 0 Å². The molecular formula is C16H30O3. The van der Waals surface area contributed by atoms with Gasteiger partial charge in [0.15, 0.2) is 0 Å².